The number of rotatable bonds is 6. The van der Waals surface area contributed by atoms with Crippen LogP contribution in [0.5, 0.6) is 0 Å². The number of guanidine groups is 1. The quantitative estimate of drug-likeness (QED) is 0.622. The van der Waals surface area contributed by atoms with E-state index in [4.69, 9.17) is 5.73 Å². The van der Waals surface area contributed by atoms with Crippen LogP contribution in [-0.4, -0.2) is 41.5 Å². The number of nitrogens with one attached hydrogen (secondary N) is 1. The molecule has 2 rings (SSSR count). The number of thiazole rings is 1. The fourth-order valence-electron chi connectivity index (χ4n) is 2.71. The number of aryl methyl sites for hydroxylation is 1. The summed E-state index contributed by atoms with van der Waals surface area (Å²) in [7, 11) is 0. The largest absolute Gasteiger partial charge is 0.370 e. The van der Waals surface area contributed by atoms with Crippen LogP contribution in [0, 0.1) is 5.92 Å². The smallest absolute Gasteiger partial charge is 0.188 e. The van der Waals surface area contributed by atoms with Gasteiger partial charge in [0.25, 0.3) is 0 Å². The van der Waals surface area contributed by atoms with E-state index in [1.165, 1.54) is 23.5 Å². The summed E-state index contributed by atoms with van der Waals surface area (Å²) in [6, 6.07) is 0.344. The van der Waals surface area contributed by atoms with E-state index in [0.717, 1.165) is 32.6 Å². The maximum Gasteiger partial charge on any atom is 0.188 e. The first-order valence-corrected chi connectivity index (χ1v) is 9.16. The number of hydrogen-bond acceptors (Lipinski definition) is 4. The summed E-state index contributed by atoms with van der Waals surface area (Å²) in [5.74, 6) is 1.23. The SMILES string of the molecule is CCc1nc(CN2CCC(CN=C(N)NC(C)C)CC2)cs1. The Morgan fingerprint density at radius 1 is 1.50 bits per heavy atom. The van der Waals surface area contributed by atoms with Crippen molar-refractivity contribution in [3.05, 3.63) is 16.1 Å². The lowest BCUT2D eigenvalue weighted by molar-refractivity contribution is 0.179. The van der Waals surface area contributed by atoms with Gasteiger partial charge in [-0.1, -0.05) is 6.92 Å². The monoisotopic (exact) mass is 323 g/mol. The van der Waals surface area contributed by atoms with Gasteiger partial charge in [-0.2, -0.15) is 0 Å². The zero-order valence-electron chi connectivity index (χ0n) is 14.0. The second kappa shape index (κ2) is 8.48. The molecular formula is C16H29N5S. The molecule has 0 unspecified atom stereocenters. The molecule has 3 N–H and O–H groups in total. The normalized spacial score (nSPS) is 18.1. The Balaban J connectivity index is 1.71. The van der Waals surface area contributed by atoms with Crippen LogP contribution in [0.3, 0.4) is 0 Å². The van der Waals surface area contributed by atoms with Gasteiger partial charge in [-0.05, 0) is 52.1 Å². The lowest BCUT2D eigenvalue weighted by atomic mass is 9.97. The number of aromatic nitrogens is 1. The number of nitrogens with two attached hydrogens (primary N) is 1. The number of likely N-dealkylation sites (tertiary alicyclic amines) is 1. The van der Waals surface area contributed by atoms with Gasteiger partial charge in [0, 0.05) is 24.5 Å². The first-order chi connectivity index (χ1) is 10.6. The van der Waals surface area contributed by atoms with Crippen molar-refractivity contribution < 1.29 is 0 Å². The summed E-state index contributed by atoms with van der Waals surface area (Å²) in [6.45, 7) is 10.4. The second-order valence-electron chi connectivity index (χ2n) is 6.33. The summed E-state index contributed by atoms with van der Waals surface area (Å²) >= 11 is 1.78. The molecule has 1 aromatic rings. The van der Waals surface area contributed by atoms with E-state index < -0.39 is 0 Å². The number of aliphatic imine (C=N–C) groups is 1. The number of piperidine rings is 1. The van der Waals surface area contributed by atoms with E-state index >= 15 is 0 Å². The molecule has 0 saturated carbocycles. The van der Waals surface area contributed by atoms with Gasteiger partial charge in [0.2, 0.25) is 0 Å². The van der Waals surface area contributed by atoms with Crippen molar-refractivity contribution in [1.82, 2.24) is 15.2 Å². The van der Waals surface area contributed by atoms with Gasteiger partial charge in [-0.15, -0.1) is 11.3 Å². The number of nitrogens with zero attached hydrogens (tertiary/aromatic N) is 3. The van der Waals surface area contributed by atoms with Gasteiger partial charge in [0.05, 0.1) is 10.7 Å². The van der Waals surface area contributed by atoms with E-state index in [2.05, 4.69) is 46.3 Å². The summed E-state index contributed by atoms with van der Waals surface area (Å²) < 4.78 is 0. The van der Waals surface area contributed by atoms with E-state index in [-0.39, 0.29) is 0 Å². The van der Waals surface area contributed by atoms with Crippen molar-refractivity contribution >= 4 is 17.3 Å². The lowest BCUT2D eigenvalue weighted by Crippen LogP contribution is -2.38. The predicted molar refractivity (Wildman–Crippen MR) is 94.3 cm³/mol. The third-order valence-corrected chi connectivity index (χ3v) is 4.99. The highest BCUT2D eigenvalue weighted by Gasteiger charge is 2.19. The van der Waals surface area contributed by atoms with Crippen LogP contribution in [0.15, 0.2) is 10.4 Å². The van der Waals surface area contributed by atoms with Crippen LogP contribution < -0.4 is 11.1 Å². The highest BCUT2D eigenvalue weighted by Crippen LogP contribution is 2.20. The van der Waals surface area contributed by atoms with Crippen LogP contribution in [-0.2, 0) is 13.0 Å². The fraction of sp³-hybridized carbons (Fsp3) is 0.750. The lowest BCUT2D eigenvalue weighted by Gasteiger charge is -2.30. The average Bonchev–Trinajstić information content (AvgIpc) is 2.93. The molecule has 1 saturated heterocycles. The molecule has 1 fully saturated rings. The Hall–Kier alpha value is -1.14. The van der Waals surface area contributed by atoms with Gasteiger partial charge in [0.15, 0.2) is 5.96 Å². The van der Waals surface area contributed by atoms with Crippen molar-refractivity contribution in [1.29, 1.82) is 0 Å². The maximum atomic E-state index is 5.86. The van der Waals surface area contributed by atoms with Crippen LogP contribution in [0.2, 0.25) is 0 Å². The van der Waals surface area contributed by atoms with Crippen molar-refractivity contribution in [2.24, 2.45) is 16.6 Å². The van der Waals surface area contributed by atoms with Crippen LogP contribution in [0.4, 0.5) is 0 Å². The molecule has 1 aliphatic heterocycles. The molecule has 22 heavy (non-hydrogen) atoms. The zero-order chi connectivity index (χ0) is 15.9. The highest BCUT2D eigenvalue weighted by molar-refractivity contribution is 7.09. The summed E-state index contributed by atoms with van der Waals surface area (Å²) in [5, 5.41) is 6.59. The fourth-order valence-corrected chi connectivity index (χ4v) is 3.44. The van der Waals surface area contributed by atoms with E-state index in [9.17, 15) is 0 Å². The minimum absolute atomic E-state index is 0.344. The molecular weight excluding hydrogens is 294 g/mol. The Kier molecular flexibility index (Phi) is 6.64. The predicted octanol–water partition coefficient (Wildman–Crippen LogP) is 2.23. The Labute approximate surface area is 138 Å². The molecule has 1 aromatic heterocycles. The minimum Gasteiger partial charge on any atom is -0.370 e. The summed E-state index contributed by atoms with van der Waals surface area (Å²) in [4.78, 5) is 11.6. The number of hydrogen-bond donors (Lipinski definition) is 2. The Morgan fingerprint density at radius 2 is 2.23 bits per heavy atom. The van der Waals surface area contributed by atoms with Gasteiger partial charge in [-0.25, -0.2) is 4.98 Å². The van der Waals surface area contributed by atoms with Gasteiger partial charge >= 0.3 is 0 Å². The van der Waals surface area contributed by atoms with Gasteiger partial charge in [0.1, 0.15) is 0 Å². The summed E-state index contributed by atoms with van der Waals surface area (Å²) in [5.41, 5.74) is 7.08. The van der Waals surface area contributed by atoms with E-state index in [1.807, 2.05) is 0 Å². The van der Waals surface area contributed by atoms with Crippen molar-refractivity contribution in [3.8, 4) is 0 Å². The molecule has 0 aliphatic carbocycles. The average molecular weight is 324 g/mol. The van der Waals surface area contributed by atoms with Crippen LogP contribution in [0.25, 0.3) is 0 Å². The molecule has 0 spiro atoms. The van der Waals surface area contributed by atoms with Crippen molar-refractivity contribution in [2.45, 2.75) is 52.6 Å². The third kappa shape index (κ3) is 5.57. The third-order valence-electron chi connectivity index (χ3n) is 3.95. The molecule has 124 valence electrons. The molecule has 0 aromatic carbocycles. The molecule has 0 amide bonds. The maximum absolute atomic E-state index is 5.86. The zero-order valence-corrected chi connectivity index (χ0v) is 14.8. The molecule has 0 radical (unpaired) electrons. The topological polar surface area (TPSA) is 66.5 Å². The minimum atomic E-state index is 0.344. The molecule has 0 atom stereocenters. The highest BCUT2D eigenvalue weighted by atomic mass is 32.1. The molecule has 6 heteroatoms. The summed E-state index contributed by atoms with van der Waals surface area (Å²) in [6.07, 6.45) is 3.43. The Morgan fingerprint density at radius 3 is 2.82 bits per heavy atom. The Bertz CT molecular complexity index is 475. The molecule has 0 bridgehead atoms. The molecule has 2 heterocycles. The van der Waals surface area contributed by atoms with Crippen molar-refractivity contribution in [2.75, 3.05) is 19.6 Å². The van der Waals surface area contributed by atoms with Crippen molar-refractivity contribution in [3.63, 3.8) is 0 Å². The second-order valence-corrected chi connectivity index (χ2v) is 7.27. The van der Waals surface area contributed by atoms with Crippen LogP contribution in [0.1, 0.15) is 44.3 Å². The van der Waals surface area contributed by atoms with Crippen LogP contribution >= 0.6 is 11.3 Å². The van der Waals surface area contributed by atoms with E-state index in [1.54, 1.807) is 11.3 Å². The molecule has 5 nitrogen and oxygen atoms in total. The first-order valence-electron chi connectivity index (χ1n) is 8.29. The van der Waals surface area contributed by atoms with Gasteiger partial charge in [-0.3, -0.25) is 9.89 Å². The van der Waals surface area contributed by atoms with E-state index in [0.29, 0.717) is 17.9 Å². The standard InChI is InChI=1S/C16H29N5S/c1-4-15-20-14(11-22-15)10-21-7-5-13(6-8-21)9-18-16(17)19-12(2)3/h11-13H,4-10H2,1-3H3,(H3,17,18,19). The molecule has 1 aliphatic rings. The first kappa shape index (κ1) is 17.2. The van der Waals surface area contributed by atoms with Gasteiger partial charge < -0.3 is 11.1 Å².